The summed E-state index contributed by atoms with van der Waals surface area (Å²) in [5, 5.41) is 0.358. The minimum atomic E-state index is -3.79. The van der Waals surface area contributed by atoms with Gasteiger partial charge in [0.2, 0.25) is 5.91 Å². The monoisotopic (exact) mass is 406 g/mol. The predicted octanol–water partition coefficient (Wildman–Crippen LogP) is 4.38. The van der Waals surface area contributed by atoms with Gasteiger partial charge in [-0.1, -0.05) is 44.5 Å². The minimum absolute atomic E-state index is 0.0203. The molecule has 0 atom stereocenters. The summed E-state index contributed by atoms with van der Waals surface area (Å²) >= 11 is 5.96. The second kappa shape index (κ2) is 6.84. The van der Waals surface area contributed by atoms with Gasteiger partial charge in [0.1, 0.15) is 0 Å². The van der Waals surface area contributed by atoms with Crippen LogP contribution in [0, 0.1) is 12.3 Å². The van der Waals surface area contributed by atoms with Gasteiger partial charge in [-0.25, -0.2) is 8.42 Å². The Hall–Kier alpha value is -2.05. The van der Waals surface area contributed by atoms with Gasteiger partial charge >= 0.3 is 0 Å². The molecule has 1 aliphatic heterocycles. The lowest BCUT2D eigenvalue weighted by atomic mass is 9.94. The molecular weight excluding hydrogens is 384 g/mol. The van der Waals surface area contributed by atoms with Crippen LogP contribution in [0.3, 0.4) is 0 Å². The number of fused-ring (bicyclic) bond motifs is 1. The topological polar surface area (TPSA) is 66.5 Å². The molecule has 1 amide bonds. The van der Waals surface area contributed by atoms with Crippen LogP contribution >= 0.6 is 11.6 Å². The highest BCUT2D eigenvalue weighted by molar-refractivity contribution is 7.92. The number of sulfonamides is 1. The summed E-state index contributed by atoms with van der Waals surface area (Å²) < 4.78 is 28.2. The summed E-state index contributed by atoms with van der Waals surface area (Å²) in [6.45, 7) is 7.96. The van der Waals surface area contributed by atoms with E-state index in [1.807, 2.05) is 26.8 Å². The summed E-state index contributed by atoms with van der Waals surface area (Å²) in [4.78, 5) is 14.6. The van der Waals surface area contributed by atoms with E-state index >= 15 is 0 Å². The largest absolute Gasteiger partial charge is 0.311 e. The van der Waals surface area contributed by atoms with E-state index in [4.69, 9.17) is 11.6 Å². The summed E-state index contributed by atoms with van der Waals surface area (Å²) in [7, 11) is -3.79. The average Bonchev–Trinajstić information content (AvgIpc) is 2.98. The van der Waals surface area contributed by atoms with Gasteiger partial charge in [0, 0.05) is 22.7 Å². The van der Waals surface area contributed by atoms with Crippen LogP contribution in [-0.2, 0) is 21.2 Å². The highest BCUT2D eigenvalue weighted by Gasteiger charge is 2.32. The fourth-order valence-electron chi connectivity index (χ4n) is 3.13. The first-order valence-corrected chi connectivity index (χ1v) is 10.6. The van der Waals surface area contributed by atoms with Gasteiger partial charge in [-0.3, -0.25) is 9.52 Å². The van der Waals surface area contributed by atoms with Crippen molar-refractivity contribution in [3.05, 3.63) is 52.5 Å². The molecule has 2 aromatic rings. The third-order valence-corrected chi connectivity index (χ3v) is 6.32. The molecule has 0 aromatic heterocycles. The molecule has 1 N–H and O–H groups in total. The number of carbonyl (C=O) groups excluding carboxylic acids is 1. The SMILES string of the molecule is Cc1ccc(Cl)cc1S(=O)(=O)Nc1ccc2c(c1)N(C(=O)C(C)(C)C)CC2. The van der Waals surface area contributed by atoms with Crippen molar-refractivity contribution < 1.29 is 13.2 Å². The Morgan fingerprint density at radius 1 is 1.15 bits per heavy atom. The number of benzene rings is 2. The van der Waals surface area contributed by atoms with Gasteiger partial charge in [0.25, 0.3) is 10.0 Å². The number of nitrogens with one attached hydrogen (secondary N) is 1. The fourth-order valence-corrected chi connectivity index (χ4v) is 4.69. The lowest BCUT2D eigenvalue weighted by Crippen LogP contribution is -2.38. The Labute approximate surface area is 165 Å². The van der Waals surface area contributed by atoms with Crippen molar-refractivity contribution in [3.63, 3.8) is 0 Å². The second-order valence-electron chi connectivity index (χ2n) is 7.82. The molecule has 27 heavy (non-hydrogen) atoms. The molecule has 0 radical (unpaired) electrons. The van der Waals surface area contributed by atoms with Gasteiger partial charge < -0.3 is 4.90 Å². The number of hydrogen-bond acceptors (Lipinski definition) is 3. The Morgan fingerprint density at radius 2 is 1.85 bits per heavy atom. The van der Waals surface area contributed by atoms with Crippen molar-refractivity contribution in [2.45, 2.75) is 39.0 Å². The molecule has 1 aliphatic rings. The van der Waals surface area contributed by atoms with Crippen molar-refractivity contribution in [2.75, 3.05) is 16.2 Å². The molecule has 0 bridgehead atoms. The smallest absolute Gasteiger partial charge is 0.262 e. The number of nitrogens with zero attached hydrogens (tertiary/aromatic N) is 1. The van der Waals surface area contributed by atoms with E-state index in [1.165, 1.54) is 6.07 Å². The second-order valence-corrected chi connectivity index (χ2v) is 9.90. The zero-order valence-corrected chi connectivity index (χ0v) is 17.4. The van der Waals surface area contributed by atoms with E-state index in [1.54, 1.807) is 36.1 Å². The van der Waals surface area contributed by atoms with Crippen LogP contribution in [0.5, 0.6) is 0 Å². The van der Waals surface area contributed by atoms with E-state index < -0.39 is 15.4 Å². The number of amides is 1. The molecule has 0 fully saturated rings. The Bertz CT molecular complexity index is 1010. The van der Waals surface area contributed by atoms with Crippen molar-refractivity contribution in [1.29, 1.82) is 0 Å². The zero-order valence-electron chi connectivity index (χ0n) is 15.8. The Morgan fingerprint density at radius 3 is 2.52 bits per heavy atom. The summed E-state index contributed by atoms with van der Waals surface area (Å²) in [6, 6.07) is 10.1. The van der Waals surface area contributed by atoms with Gasteiger partial charge in [0.15, 0.2) is 0 Å². The van der Waals surface area contributed by atoms with Crippen LogP contribution in [0.4, 0.5) is 11.4 Å². The molecular formula is C20H23ClN2O3S. The first kappa shape index (κ1) is 19.7. The number of hydrogen-bond donors (Lipinski definition) is 1. The average molecular weight is 407 g/mol. The highest BCUT2D eigenvalue weighted by atomic mass is 35.5. The van der Waals surface area contributed by atoms with E-state index in [2.05, 4.69) is 4.72 Å². The number of aryl methyl sites for hydroxylation is 1. The molecule has 7 heteroatoms. The molecule has 1 heterocycles. The van der Waals surface area contributed by atoms with Crippen LogP contribution in [0.25, 0.3) is 0 Å². The summed E-state index contributed by atoms with van der Waals surface area (Å²) in [5.74, 6) is 0.0203. The molecule has 0 saturated heterocycles. The van der Waals surface area contributed by atoms with Gasteiger partial charge in [-0.15, -0.1) is 0 Å². The predicted molar refractivity (Wildman–Crippen MR) is 109 cm³/mol. The molecule has 0 spiro atoms. The normalized spacial score (nSPS) is 14.2. The number of rotatable bonds is 3. The number of halogens is 1. The maximum Gasteiger partial charge on any atom is 0.262 e. The van der Waals surface area contributed by atoms with Crippen molar-refractivity contribution in [2.24, 2.45) is 5.41 Å². The van der Waals surface area contributed by atoms with Gasteiger partial charge in [-0.05, 0) is 48.7 Å². The van der Waals surface area contributed by atoms with Gasteiger partial charge in [-0.2, -0.15) is 0 Å². The molecule has 2 aromatic carbocycles. The maximum atomic E-state index is 12.8. The van der Waals surface area contributed by atoms with Crippen molar-refractivity contribution in [1.82, 2.24) is 0 Å². The van der Waals surface area contributed by atoms with Crippen LogP contribution in [0.1, 0.15) is 31.9 Å². The fraction of sp³-hybridized carbons (Fsp3) is 0.350. The van der Waals surface area contributed by atoms with Crippen molar-refractivity contribution >= 4 is 38.9 Å². The molecule has 144 valence electrons. The molecule has 3 rings (SSSR count). The summed E-state index contributed by atoms with van der Waals surface area (Å²) in [5.41, 5.74) is 2.32. The first-order valence-electron chi connectivity index (χ1n) is 8.73. The summed E-state index contributed by atoms with van der Waals surface area (Å²) in [6.07, 6.45) is 0.761. The van der Waals surface area contributed by atoms with E-state index in [0.29, 0.717) is 22.8 Å². The Kier molecular flexibility index (Phi) is 4.99. The van der Waals surface area contributed by atoms with Crippen LogP contribution in [0.15, 0.2) is 41.3 Å². The van der Waals surface area contributed by atoms with Crippen molar-refractivity contribution in [3.8, 4) is 0 Å². The maximum absolute atomic E-state index is 12.8. The molecule has 5 nitrogen and oxygen atoms in total. The highest BCUT2D eigenvalue weighted by Crippen LogP contribution is 2.34. The first-order chi connectivity index (χ1) is 12.5. The lowest BCUT2D eigenvalue weighted by molar-refractivity contribution is -0.125. The number of anilines is 2. The molecule has 0 aliphatic carbocycles. The third kappa shape index (κ3) is 3.96. The van der Waals surface area contributed by atoms with Crippen LogP contribution in [0.2, 0.25) is 5.02 Å². The molecule has 0 unspecified atom stereocenters. The van der Waals surface area contributed by atoms with E-state index in [9.17, 15) is 13.2 Å². The van der Waals surface area contributed by atoms with Gasteiger partial charge in [0.05, 0.1) is 10.6 Å². The van der Waals surface area contributed by atoms with Crippen LogP contribution < -0.4 is 9.62 Å². The number of carbonyl (C=O) groups is 1. The van der Waals surface area contributed by atoms with E-state index in [-0.39, 0.29) is 10.8 Å². The van der Waals surface area contributed by atoms with Crippen LogP contribution in [-0.4, -0.2) is 20.9 Å². The molecule has 0 saturated carbocycles. The minimum Gasteiger partial charge on any atom is -0.311 e. The Balaban J connectivity index is 1.94. The third-order valence-electron chi connectivity index (χ3n) is 4.56. The zero-order chi connectivity index (χ0) is 20.0. The standard InChI is InChI=1S/C20H23ClN2O3S/c1-13-5-7-15(21)11-18(13)27(25,26)22-16-8-6-14-9-10-23(17(14)12-16)19(24)20(2,3)4/h5-8,11-12,22H,9-10H2,1-4H3. The van der Waals surface area contributed by atoms with E-state index in [0.717, 1.165) is 17.7 Å². The lowest BCUT2D eigenvalue weighted by Gasteiger charge is -2.26. The quantitative estimate of drug-likeness (QED) is 0.822.